The molecule has 10 heteroatoms. The Balaban J connectivity index is 3.79. The van der Waals surface area contributed by atoms with Crippen LogP contribution in [0.5, 0.6) is 0 Å². The molecule has 0 aromatic heterocycles. The van der Waals surface area contributed by atoms with E-state index in [-0.39, 0.29) is 12.3 Å². The Labute approximate surface area is 279 Å². The van der Waals surface area contributed by atoms with Gasteiger partial charge < -0.3 is 9.79 Å². The highest BCUT2D eigenvalue weighted by molar-refractivity contribution is 7.71. The van der Waals surface area contributed by atoms with E-state index in [4.69, 9.17) is 8.62 Å². The molecule has 0 radical (unpaired) electrons. The minimum absolute atomic E-state index is 0.124. The summed E-state index contributed by atoms with van der Waals surface area (Å²) in [5, 5.41) is 0. The van der Waals surface area contributed by atoms with Crippen LogP contribution in [0.4, 0.5) is 0 Å². The second kappa shape index (κ2) is 30.6. The molecule has 0 bridgehead atoms. The van der Waals surface area contributed by atoms with E-state index in [1.807, 2.05) is 0 Å². The highest BCUT2D eigenvalue weighted by atomic mass is 31.3. The van der Waals surface area contributed by atoms with Crippen LogP contribution in [-0.2, 0) is 22.3 Å². The minimum Gasteiger partial charge on any atom is -0.324 e. The zero-order valence-corrected chi connectivity index (χ0v) is 32.6. The highest BCUT2D eigenvalue weighted by Gasteiger charge is 2.36. The summed E-state index contributed by atoms with van der Waals surface area (Å²) < 4.78 is 47.4. The molecule has 0 aromatic carbocycles. The fourth-order valence-corrected chi connectivity index (χ4v) is 11.9. The van der Waals surface area contributed by atoms with Gasteiger partial charge in [-0.15, -0.1) is 0 Å². The lowest BCUT2D eigenvalue weighted by molar-refractivity contribution is 0.317. The maximum absolute atomic E-state index is 12.7. The molecule has 0 aliphatic carbocycles. The fraction of sp³-hybridized carbons (Fsp3) is 1.00. The molecule has 0 amide bonds. The first-order valence-corrected chi connectivity index (χ1v) is 24.7. The van der Waals surface area contributed by atoms with Gasteiger partial charge in [0, 0.05) is 6.66 Å². The molecule has 0 heterocycles. The second-order valence-electron chi connectivity index (χ2n) is 13.6. The van der Waals surface area contributed by atoms with E-state index < -0.39 is 22.8 Å². The monoisotopic (exact) mass is 700 g/mol. The van der Waals surface area contributed by atoms with Crippen LogP contribution in [-0.4, -0.2) is 28.8 Å². The summed E-state index contributed by atoms with van der Waals surface area (Å²) in [5.74, 6) is 0. The summed E-state index contributed by atoms with van der Waals surface area (Å²) in [6, 6.07) is 0. The van der Waals surface area contributed by atoms with Crippen molar-refractivity contribution in [1.82, 2.24) is 0 Å². The minimum atomic E-state index is -4.17. The van der Waals surface area contributed by atoms with Crippen molar-refractivity contribution in [2.24, 2.45) is 0 Å². The molecular weight excluding hydrogens is 625 g/mol. The van der Waals surface area contributed by atoms with Crippen LogP contribution in [0, 0.1) is 0 Å². The van der Waals surface area contributed by atoms with Crippen molar-refractivity contribution >= 4 is 22.8 Å². The van der Waals surface area contributed by atoms with Gasteiger partial charge in [-0.05, 0) is 12.8 Å². The van der Waals surface area contributed by atoms with E-state index in [2.05, 4.69) is 13.8 Å². The van der Waals surface area contributed by atoms with E-state index in [0.717, 1.165) is 45.2 Å². The number of hydrogen-bond acceptors (Lipinski definition) is 5. The molecule has 2 atom stereocenters. The lowest BCUT2D eigenvalue weighted by Crippen LogP contribution is -1.99. The lowest BCUT2D eigenvalue weighted by Gasteiger charge is -2.20. The Morgan fingerprint density at radius 2 is 0.533 bits per heavy atom. The van der Waals surface area contributed by atoms with Crippen LogP contribution in [0.2, 0.25) is 0 Å². The van der Waals surface area contributed by atoms with E-state index in [1.54, 1.807) is 0 Å². The van der Waals surface area contributed by atoms with Crippen molar-refractivity contribution in [1.29, 1.82) is 0 Å². The van der Waals surface area contributed by atoms with Crippen LogP contribution < -0.4 is 0 Å². The molecular formula is C35H75O7P3. The van der Waals surface area contributed by atoms with Gasteiger partial charge in [-0.2, -0.15) is 0 Å². The van der Waals surface area contributed by atoms with Crippen LogP contribution >= 0.6 is 22.8 Å². The third kappa shape index (κ3) is 34.2. The number of rotatable bonds is 36. The topological polar surface area (TPSA) is 110 Å². The van der Waals surface area contributed by atoms with Gasteiger partial charge >= 0.3 is 22.8 Å². The fourth-order valence-electron chi connectivity index (χ4n) is 5.93. The maximum Gasteiger partial charge on any atom is 0.341 e. The third-order valence-electron chi connectivity index (χ3n) is 8.64. The lowest BCUT2D eigenvalue weighted by atomic mass is 10.0. The Bertz CT molecular complexity index is 733. The van der Waals surface area contributed by atoms with Gasteiger partial charge in [0.25, 0.3) is 0 Å². The van der Waals surface area contributed by atoms with E-state index in [0.29, 0.717) is 12.8 Å². The summed E-state index contributed by atoms with van der Waals surface area (Å²) in [6.07, 6.45) is 35.6. The molecule has 2 N–H and O–H groups in total. The van der Waals surface area contributed by atoms with Crippen LogP contribution in [0.3, 0.4) is 0 Å². The highest BCUT2D eigenvalue weighted by Crippen LogP contribution is 2.67. The SMILES string of the molecule is CCCCCCCCCCCCCCCCCP(=O)(O)OP(C)(=O)OP(=O)(O)CCCCCCCCCCCCCCCCC. The second-order valence-corrected chi connectivity index (χ2v) is 19.8. The third-order valence-corrected chi connectivity index (χ3v) is 14.8. The molecule has 0 spiro atoms. The summed E-state index contributed by atoms with van der Waals surface area (Å²) >= 11 is 0. The zero-order chi connectivity index (χ0) is 33.5. The molecule has 45 heavy (non-hydrogen) atoms. The Hall–Kier alpha value is 0.530. The van der Waals surface area contributed by atoms with Crippen molar-refractivity contribution in [3.8, 4) is 0 Å². The summed E-state index contributed by atoms with van der Waals surface area (Å²) in [6.45, 7) is 5.51. The summed E-state index contributed by atoms with van der Waals surface area (Å²) in [5.41, 5.74) is 0. The number of hydrogen-bond donors (Lipinski definition) is 2. The van der Waals surface area contributed by atoms with Gasteiger partial charge in [0.1, 0.15) is 0 Å². The van der Waals surface area contributed by atoms with Gasteiger partial charge in [0.2, 0.25) is 0 Å². The zero-order valence-electron chi connectivity index (χ0n) is 29.9. The van der Waals surface area contributed by atoms with Crippen molar-refractivity contribution in [3.05, 3.63) is 0 Å². The van der Waals surface area contributed by atoms with Gasteiger partial charge in [-0.1, -0.05) is 194 Å². The van der Waals surface area contributed by atoms with Crippen LogP contribution in [0.1, 0.15) is 206 Å². The van der Waals surface area contributed by atoms with E-state index in [9.17, 15) is 23.5 Å². The summed E-state index contributed by atoms with van der Waals surface area (Å²) in [7, 11) is -12.5. The van der Waals surface area contributed by atoms with Gasteiger partial charge in [0.15, 0.2) is 0 Å². The van der Waals surface area contributed by atoms with Crippen molar-refractivity contribution in [3.63, 3.8) is 0 Å². The Morgan fingerprint density at radius 3 is 0.733 bits per heavy atom. The average molecular weight is 701 g/mol. The Morgan fingerprint density at radius 1 is 0.356 bits per heavy atom. The maximum atomic E-state index is 12.7. The molecule has 272 valence electrons. The predicted octanol–water partition coefficient (Wildman–Crippen LogP) is 14.0. The average Bonchev–Trinajstić information content (AvgIpc) is 2.95. The summed E-state index contributed by atoms with van der Waals surface area (Å²) in [4.78, 5) is 20.4. The Kier molecular flexibility index (Phi) is 30.9. The smallest absolute Gasteiger partial charge is 0.324 e. The van der Waals surface area contributed by atoms with Gasteiger partial charge in [0.05, 0.1) is 12.3 Å². The van der Waals surface area contributed by atoms with Crippen LogP contribution in [0.25, 0.3) is 0 Å². The van der Waals surface area contributed by atoms with Gasteiger partial charge in [-0.25, -0.2) is 8.62 Å². The van der Waals surface area contributed by atoms with Crippen molar-refractivity contribution in [2.75, 3.05) is 19.0 Å². The first-order valence-electron chi connectivity index (χ1n) is 19.2. The van der Waals surface area contributed by atoms with Crippen molar-refractivity contribution < 1.29 is 32.1 Å². The predicted molar refractivity (Wildman–Crippen MR) is 195 cm³/mol. The molecule has 0 saturated carbocycles. The van der Waals surface area contributed by atoms with E-state index >= 15 is 0 Å². The first kappa shape index (κ1) is 45.5. The molecule has 0 aliphatic rings. The molecule has 0 saturated heterocycles. The van der Waals surface area contributed by atoms with E-state index in [1.165, 1.54) is 141 Å². The first-order chi connectivity index (χ1) is 21.5. The van der Waals surface area contributed by atoms with Crippen molar-refractivity contribution in [2.45, 2.75) is 206 Å². The van der Waals surface area contributed by atoms with Gasteiger partial charge in [-0.3, -0.25) is 13.7 Å². The standard InChI is InChI=1S/C35H75O7P3/c1-4-6-8-10-12-14-16-18-20-22-24-26-28-30-32-34-44(37,38)41-43(3,36)42-45(39,40)35-33-31-29-27-25-23-21-19-17-15-13-11-9-7-5-2/h4-35H2,1-3H3,(H,37,38)(H,39,40). The molecule has 0 aliphatic heterocycles. The number of unbranched alkanes of at least 4 members (excludes halogenated alkanes) is 28. The normalized spacial score (nSPS) is 15.9. The quantitative estimate of drug-likeness (QED) is 0.0494. The largest absolute Gasteiger partial charge is 0.341 e. The molecule has 0 fully saturated rings. The molecule has 7 nitrogen and oxygen atoms in total. The molecule has 2 unspecified atom stereocenters. The molecule has 0 rings (SSSR count). The molecule has 0 aromatic rings. The van der Waals surface area contributed by atoms with Crippen LogP contribution in [0.15, 0.2) is 0 Å².